The van der Waals surface area contributed by atoms with Crippen LogP contribution in [0.25, 0.3) is 23.3 Å². The Morgan fingerprint density at radius 3 is 2.65 bits per heavy atom. The molecule has 0 bridgehead atoms. The molecule has 0 unspecified atom stereocenters. The molecule has 0 saturated heterocycles. The van der Waals surface area contributed by atoms with Crippen LogP contribution in [0.1, 0.15) is 11.5 Å². The van der Waals surface area contributed by atoms with E-state index in [0.29, 0.717) is 17.0 Å². The van der Waals surface area contributed by atoms with E-state index in [-0.39, 0.29) is 5.69 Å². The van der Waals surface area contributed by atoms with Crippen LogP contribution in [-0.2, 0) is 0 Å². The standard InChI is InChI=1S/C15H10N2O3/c18-17(19)12-7-8-13-14(10-12)20-15(16-13)9-6-11-4-2-1-3-5-11/h1-10H/b9-6+. The molecule has 0 N–H and O–H groups in total. The minimum absolute atomic E-state index is 0.00719. The average molecular weight is 266 g/mol. The topological polar surface area (TPSA) is 69.2 Å². The molecule has 20 heavy (non-hydrogen) atoms. The number of fused-ring (bicyclic) bond motifs is 1. The van der Waals surface area contributed by atoms with Crippen molar-refractivity contribution in [3.63, 3.8) is 0 Å². The summed E-state index contributed by atoms with van der Waals surface area (Å²) in [6.45, 7) is 0. The highest BCUT2D eigenvalue weighted by Crippen LogP contribution is 2.22. The maximum atomic E-state index is 10.7. The van der Waals surface area contributed by atoms with E-state index in [0.717, 1.165) is 5.56 Å². The van der Waals surface area contributed by atoms with Gasteiger partial charge in [-0.15, -0.1) is 0 Å². The lowest BCUT2D eigenvalue weighted by Gasteiger charge is -1.89. The van der Waals surface area contributed by atoms with Crippen LogP contribution in [0.3, 0.4) is 0 Å². The molecule has 5 heteroatoms. The Hall–Kier alpha value is -2.95. The molecule has 0 radical (unpaired) electrons. The van der Waals surface area contributed by atoms with Crippen molar-refractivity contribution in [3.05, 3.63) is 70.1 Å². The molecular weight excluding hydrogens is 256 g/mol. The van der Waals surface area contributed by atoms with E-state index in [1.807, 2.05) is 36.4 Å². The molecular formula is C15H10N2O3. The second-order valence-electron chi connectivity index (χ2n) is 4.21. The first-order valence-electron chi connectivity index (χ1n) is 6.00. The number of nitrogens with zero attached hydrogens (tertiary/aromatic N) is 2. The number of oxazole rings is 1. The highest BCUT2D eigenvalue weighted by Gasteiger charge is 2.10. The van der Waals surface area contributed by atoms with E-state index in [9.17, 15) is 10.1 Å². The Morgan fingerprint density at radius 1 is 1.10 bits per heavy atom. The zero-order valence-corrected chi connectivity index (χ0v) is 10.4. The van der Waals surface area contributed by atoms with Gasteiger partial charge in [0.25, 0.3) is 5.69 Å². The number of hydrogen-bond acceptors (Lipinski definition) is 4. The third kappa shape index (κ3) is 2.42. The first-order chi connectivity index (χ1) is 9.72. The maximum absolute atomic E-state index is 10.7. The van der Waals surface area contributed by atoms with Crippen LogP contribution in [0, 0.1) is 10.1 Å². The Balaban J connectivity index is 1.93. The fraction of sp³-hybridized carbons (Fsp3) is 0. The quantitative estimate of drug-likeness (QED) is 0.532. The lowest BCUT2D eigenvalue weighted by Crippen LogP contribution is -1.86. The fourth-order valence-electron chi connectivity index (χ4n) is 1.85. The molecule has 0 saturated carbocycles. The number of nitro groups is 1. The number of non-ortho nitro benzene ring substituents is 1. The van der Waals surface area contributed by atoms with E-state index in [1.165, 1.54) is 12.1 Å². The van der Waals surface area contributed by atoms with Crippen LogP contribution in [-0.4, -0.2) is 9.91 Å². The van der Waals surface area contributed by atoms with Crippen molar-refractivity contribution >= 4 is 28.9 Å². The van der Waals surface area contributed by atoms with Gasteiger partial charge in [-0.2, -0.15) is 0 Å². The zero-order valence-electron chi connectivity index (χ0n) is 10.4. The Bertz CT molecular complexity index is 791. The van der Waals surface area contributed by atoms with Crippen LogP contribution in [0.4, 0.5) is 5.69 Å². The van der Waals surface area contributed by atoms with Crippen molar-refractivity contribution in [2.75, 3.05) is 0 Å². The Morgan fingerprint density at radius 2 is 1.90 bits per heavy atom. The van der Waals surface area contributed by atoms with Gasteiger partial charge in [0.1, 0.15) is 5.52 Å². The van der Waals surface area contributed by atoms with Crippen molar-refractivity contribution in [1.82, 2.24) is 4.98 Å². The number of benzene rings is 2. The molecule has 0 fully saturated rings. The van der Waals surface area contributed by atoms with Gasteiger partial charge < -0.3 is 4.42 Å². The molecule has 0 aliphatic carbocycles. The van der Waals surface area contributed by atoms with Crippen LogP contribution in [0.5, 0.6) is 0 Å². The van der Waals surface area contributed by atoms with E-state index in [4.69, 9.17) is 4.42 Å². The summed E-state index contributed by atoms with van der Waals surface area (Å²) in [7, 11) is 0. The molecule has 0 aliphatic rings. The van der Waals surface area contributed by atoms with Gasteiger partial charge in [0.05, 0.1) is 11.0 Å². The smallest absolute Gasteiger partial charge is 0.273 e. The highest BCUT2D eigenvalue weighted by molar-refractivity contribution is 5.78. The van der Waals surface area contributed by atoms with E-state index >= 15 is 0 Å². The van der Waals surface area contributed by atoms with Crippen LogP contribution in [0.15, 0.2) is 52.9 Å². The van der Waals surface area contributed by atoms with Crippen molar-refractivity contribution in [1.29, 1.82) is 0 Å². The van der Waals surface area contributed by atoms with Crippen molar-refractivity contribution in [2.45, 2.75) is 0 Å². The van der Waals surface area contributed by atoms with E-state index < -0.39 is 4.92 Å². The third-order valence-electron chi connectivity index (χ3n) is 2.82. The predicted molar refractivity (Wildman–Crippen MR) is 76.0 cm³/mol. The van der Waals surface area contributed by atoms with Gasteiger partial charge in [0, 0.05) is 12.1 Å². The summed E-state index contributed by atoms with van der Waals surface area (Å²) < 4.78 is 5.48. The second kappa shape index (κ2) is 4.97. The number of aromatic nitrogens is 1. The summed E-state index contributed by atoms with van der Waals surface area (Å²) >= 11 is 0. The average Bonchev–Trinajstić information content (AvgIpc) is 2.88. The van der Waals surface area contributed by atoms with Gasteiger partial charge in [-0.3, -0.25) is 10.1 Å². The molecule has 98 valence electrons. The summed E-state index contributed by atoms with van der Waals surface area (Å²) in [5.74, 6) is 0.421. The normalized spacial score (nSPS) is 11.2. The molecule has 3 aromatic rings. The first-order valence-corrected chi connectivity index (χ1v) is 6.00. The molecule has 0 amide bonds. The molecule has 0 aliphatic heterocycles. The Labute approximate surface area is 114 Å². The van der Waals surface area contributed by atoms with Gasteiger partial charge in [0.15, 0.2) is 5.58 Å². The van der Waals surface area contributed by atoms with Gasteiger partial charge in [-0.1, -0.05) is 30.3 Å². The van der Waals surface area contributed by atoms with E-state index in [1.54, 1.807) is 12.1 Å². The largest absolute Gasteiger partial charge is 0.436 e. The summed E-state index contributed by atoms with van der Waals surface area (Å²) in [5, 5.41) is 10.7. The zero-order chi connectivity index (χ0) is 13.9. The van der Waals surface area contributed by atoms with Crippen LogP contribution >= 0.6 is 0 Å². The third-order valence-corrected chi connectivity index (χ3v) is 2.82. The molecule has 5 nitrogen and oxygen atoms in total. The van der Waals surface area contributed by atoms with Gasteiger partial charge in [-0.25, -0.2) is 4.98 Å². The highest BCUT2D eigenvalue weighted by atomic mass is 16.6. The molecule has 2 aromatic carbocycles. The van der Waals surface area contributed by atoms with E-state index in [2.05, 4.69) is 4.98 Å². The van der Waals surface area contributed by atoms with Gasteiger partial charge >= 0.3 is 0 Å². The number of hydrogen-bond donors (Lipinski definition) is 0. The molecule has 3 rings (SSSR count). The molecule has 0 atom stereocenters. The van der Waals surface area contributed by atoms with Crippen molar-refractivity contribution in [2.24, 2.45) is 0 Å². The minimum atomic E-state index is -0.457. The number of nitro benzene ring substituents is 1. The van der Waals surface area contributed by atoms with Crippen molar-refractivity contribution < 1.29 is 9.34 Å². The fourth-order valence-corrected chi connectivity index (χ4v) is 1.85. The van der Waals surface area contributed by atoms with Crippen molar-refractivity contribution in [3.8, 4) is 0 Å². The lowest BCUT2D eigenvalue weighted by molar-refractivity contribution is -0.384. The molecule has 0 spiro atoms. The molecule has 1 aromatic heterocycles. The SMILES string of the molecule is O=[N+]([O-])c1ccc2nc(/C=C/c3ccccc3)oc2c1. The molecule has 1 heterocycles. The predicted octanol–water partition coefficient (Wildman–Crippen LogP) is 3.91. The Kier molecular flexibility index (Phi) is 3.01. The lowest BCUT2D eigenvalue weighted by atomic mass is 10.2. The second-order valence-corrected chi connectivity index (χ2v) is 4.21. The minimum Gasteiger partial charge on any atom is -0.436 e. The van der Waals surface area contributed by atoms with Crippen LogP contribution < -0.4 is 0 Å². The summed E-state index contributed by atoms with van der Waals surface area (Å²) in [4.78, 5) is 14.5. The summed E-state index contributed by atoms with van der Waals surface area (Å²) in [5.41, 5.74) is 2.03. The first kappa shape index (κ1) is 12.1. The summed E-state index contributed by atoms with van der Waals surface area (Å²) in [6, 6.07) is 14.1. The van der Waals surface area contributed by atoms with Gasteiger partial charge in [0.2, 0.25) is 5.89 Å². The summed E-state index contributed by atoms with van der Waals surface area (Å²) in [6.07, 6.45) is 3.61. The monoisotopic (exact) mass is 266 g/mol. The maximum Gasteiger partial charge on any atom is 0.273 e. The number of rotatable bonds is 3. The van der Waals surface area contributed by atoms with Crippen LogP contribution in [0.2, 0.25) is 0 Å². The van der Waals surface area contributed by atoms with Gasteiger partial charge in [-0.05, 0) is 17.7 Å².